The molecule has 0 aromatic carbocycles. The third-order valence-electron chi connectivity index (χ3n) is 3.68. The van der Waals surface area contributed by atoms with Gasteiger partial charge in [0, 0.05) is 11.4 Å². The van der Waals surface area contributed by atoms with Crippen LogP contribution in [-0.4, -0.2) is 30.0 Å². The molecule has 2 unspecified atom stereocenters. The van der Waals surface area contributed by atoms with Gasteiger partial charge < -0.3 is 0 Å². The van der Waals surface area contributed by atoms with E-state index in [1.165, 1.54) is 12.8 Å². The lowest BCUT2D eigenvalue weighted by Crippen LogP contribution is -2.34. The Morgan fingerprint density at radius 3 is 2.63 bits per heavy atom. The molecule has 1 fully saturated rings. The number of nitrogens with zero attached hydrogens (tertiary/aromatic N) is 1. The molecule has 0 bridgehead atoms. The van der Waals surface area contributed by atoms with Crippen LogP contribution in [0.3, 0.4) is 0 Å². The van der Waals surface area contributed by atoms with Gasteiger partial charge in [0.2, 0.25) is 10.0 Å². The van der Waals surface area contributed by atoms with Crippen LogP contribution in [0.4, 0.5) is 0 Å². The van der Waals surface area contributed by atoms with Crippen molar-refractivity contribution in [3.8, 4) is 0 Å². The molecule has 7 heteroatoms. The molecule has 19 heavy (non-hydrogen) atoms. The Balaban J connectivity index is 2.06. The van der Waals surface area contributed by atoms with Crippen LogP contribution >= 0.6 is 15.9 Å². The number of nitrogens with one attached hydrogen (secondary N) is 2. The second-order valence-corrected chi connectivity index (χ2v) is 8.06. The quantitative estimate of drug-likeness (QED) is 0.818. The summed E-state index contributed by atoms with van der Waals surface area (Å²) in [6.07, 6.45) is 4.59. The zero-order chi connectivity index (χ0) is 14.0. The minimum atomic E-state index is -3.47. The highest BCUT2D eigenvalue weighted by Gasteiger charge is 2.27. The van der Waals surface area contributed by atoms with Crippen LogP contribution in [0.2, 0.25) is 0 Å². The summed E-state index contributed by atoms with van der Waals surface area (Å²) in [6, 6.07) is 0. The normalized spacial score (nSPS) is 24.6. The zero-order valence-corrected chi connectivity index (χ0v) is 13.6. The first-order chi connectivity index (χ1) is 8.92. The van der Waals surface area contributed by atoms with E-state index in [0.29, 0.717) is 28.7 Å². The predicted molar refractivity (Wildman–Crippen MR) is 77.9 cm³/mol. The first kappa shape index (κ1) is 15.0. The van der Waals surface area contributed by atoms with E-state index in [1.807, 2.05) is 0 Å². The molecule has 2 atom stereocenters. The molecule has 1 aliphatic rings. The minimum Gasteiger partial charge on any atom is -0.281 e. The fourth-order valence-electron chi connectivity index (χ4n) is 2.62. The van der Waals surface area contributed by atoms with Crippen LogP contribution in [0.5, 0.6) is 0 Å². The average molecular weight is 350 g/mol. The van der Waals surface area contributed by atoms with Crippen LogP contribution in [0, 0.1) is 19.8 Å². The van der Waals surface area contributed by atoms with Gasteiger partial charge in [-0.2, -0.15) is 5.10 Å². The number of hydrogen-bond acceptors (Lipinski definition) is 3. The Kier molecular flexibility index (Phi) is 4.68. The second-order valence-electron chi connectivity index (χ2n) is 5.18. The van der Waals surface area contributed by atoms with Crippen molar-refractivity contribution < 1.29 is 8.42 Å². The van der Waals surface area contributed by atoms with Gasteiger partial charge in [0.25, 0.3) is 0 Å². The molecule has 0 aliphatic heterocycles. The number of alkyl halides is 1. The SMILES string of the molecule is Cc1n[nH]c(C)c1S(=O)(=O)NCC1CCCCC1Br. The molecule has 1 saturated carbocycles. The maximum atomic E-state index is 12.3. The largest absolute Gasteiger partial charge is 0.281 e. The number of hydrogen-bond donors (Lipinski definition) is 2. The fourth-order valence-corrected chi connectivity index (χ4v) is 4.85. The van der Waals surface area contributed by atoms with Crippen molar-refractivity contribution in [2.45, 2.75) is 49.3 Å². The number of aryl methyl sites for hydroxylation is 2. The van der Waals surface area contributed by atoms with E-state index in [-0.39, 0.29) is 4.90 Å². The Morgan fingerprint density at radius 1 is 1.37 bits per heavy atom. The van der Waals surface area contributed by atoms with E-state index in [1.54, 1.807) is 13.8 Å². The van der Waals surface area contributed by atoms with Crippen molar-refractivity contribution >= 4 is 26.0 Å². The van der Waals surface area contributed by atoms with Crippen molar-refractivity contribution in [2.24, 2.45) is 5.92 Å². The summed E-state index contributed by atoms with van der Waals surface area (Å²) in [4.78, 5) is 0.699. The van der Waals surface area contributed by atoms with Gasteiger partial charge in [-0.1, -0.05) is 28.8 Å². The first-order valence-corrected chi connectivity index (χ1v) is 8.97. The van der Waals surface area contributed by atoms with Crippen molar-refractivity contribution in [3.05, 3.63) is 11.4 Å². The Bertz CT molecular complexity index is 522. The molecule has 2 N–H and O–H groups in total. The Labute approximate surface area is 122 Å². The molecule has 2 rings (SSSR count). The highest BCUT2D eigenvalue weighted by atomic mass is 79.9. The van der Waals surface area contributed by atoms with Crippen molar-refractivity contribution in [1.29, 1.82) is 0 Å². The summed E-state index contributed by atoms with van der Waals surface area (Å²) < 4.78 is 27.3. The van der Waals surface area contributed by atoms with Gasteiger partial charge >= 0.3 is 0 Å². The number of rotatable bonds is 4. The molecule has 1 aliphatic carbocycles. The summed E-state index contributed by atoms with van der Waals surface area (Å²) in [5.41, 5.74) is 1.10. The van der Waals surface area contributed by atoms with Gasteiger partial charge in [-0.05, 0) is 32.6 Å². The highest BCUT2D eigenvalue weighted by molar-refractivity contribution is 9.09. The van der Waals surface area contributed by atoms with E-state index in [4.69, 9.17) is 0 Å². The Hall–Kier alpha value is -0.400. The van der Waals surface area contributed by atoms with E-state index in [2.05, 4.69) is 30.8 Å². The lowest BCUT2D eigenvalue weighted by atomic mass is 9.89. The van der Waals surface area contributed by atoms with Gasteiger partial charge in [0.15, 0.2) is 0 Å². The second kappa shape index (κ2) is 5.93. The predicted octanol–water partition coefficient (Wildman–Crippen LogP) is 2.26. The molecule has 0 amide bonds. The smallest absolute Gasteiger partial charge is 0.244 e. The van der Waals surface area contributed by atoms with Crippen LogP contribution in [0.1, 0.15) is 37.1 Å². The number of halogens is 1. The van der Waals surface area contributed by atoms with Gasteiger partial charge in [-0.3, -0.25) is 5.10 Å². The topological polar surface area (TPSA) is 74.8 Å². The molecule has 0 radical (unpaired) electrons. The molecule has 5 nitrogen and oxygen atoms in total. The van der Waals surface area contributed by atoms with Gasteiger partial charge in [0.1, 0.15) is 4.90 Å². The van der Waals surface area contributed by atoms with Crippen molar-refractivity contribution in [3.63, 3.8) is 0 Å². The lowest BCUT2D eigenvalue weighted by molar-refractivity contribution is 0.373. The molecule has 0 saturated heterocycles. The van der Waals surface area contributed by atoms with Crippen LogP contribution in [-0.2, 0) is 10.0 Å². The maximum Gasteiger partial charge on any atom is 0.244 e. The summed E-state index contributed by atoms with van der Waals surface area (Å²) >= 11 is 3.65. The Morgan fingerprint density at radius 2 is 2.05 bits per heavy atom. The lowest BCUT2D eigenvalue weighted by Gasteiger charge is -2.27. The number of aromatic amines is 1. The number of aromatic nitrogens is 2. The van der Waals surface area contributed by atoms with Crippen LogP contribution in [0.25, 0.3) is 0 Å². The van der Waals surface area contributed by atoms with Crippen LogP contribution < -0.4 is 4.72 Å². The van der Waals surface area contributed by atoms with E-state index in [0.717, 1.165) is 12.8 Å². The summed E-state index contributed by atoms with van der Waals surface area (Å²) in [7, 11) is -3.47. The third kappa shape index (κ3) is 3.38. The van der Waals surface area contributed by atoms with E-state index < -0.39 is 10.0 Å². The van der Waals surface area contributed by atoms with Crippen molar-refractivity contribution in [1.82, 2.24) is 14.9 Å². The molecular weight excluding hydrogens is 330 g/mol. The van der Waals surface area contributed by atoms with E-state index in [9.17, 15) is 8.42 Å². The number of H-pyrrole nitrogens is 1. The highest BCUT2D eigenvalue weighted by Crippen LogP contribution is 2.29. The number of sulfonamides is 1. The fraction of sp³-hybridized carbons (Fsp3) is 0.750. The third-order valence-corrected chi connectivity index (χ3v) is 6.57. The van der Waals surface area contributed by atoms with Gasteiger partial charge in [-0.15, -0.1) is 0 Å². The molecule has 1 heterocycles. The molecule has 1 aromatic heterocycles. The van der Waals surface area contributed by atoms with Gasteiger partial charge in [0.05, 0.1) is 11.4 Å². The zero-order valence-electron chi connectivity index (χ0n) is 11.2. The van der Waals surface area contributed by atoms with E-state index >= 15 is 0 Å². The monoisotopic (exact) mass is 349 g/mol. The first-order valence-electron chi connectivity index (χ1n) is 6.57. The molecule has 0 spiro atoms. The van der Waals surface area contributed by atoms with Crippen molar-refractivity contribution in [2.75, 3.05) is 6.54 Å². The standard InChI is InChI=1S/C12H20BrN3O2S/c1-8-12(9(2)16-15-8)19(17,18)14-7-10-5-3-4-6-11(10)13/h10-11,14H,3-7H2,1-2H3,(H,15,16). The minimum absolute atomic E-state index is 0.287. The molecule has 1 aromatic rings. The molecular formula is C12H20BrN3O2S. The van der Waals surface area contributed by atoms with Crippen LogP contribution in [0.15, 0.2) is 4.90 Å². The molecule has 108 valence electrons. The van der Waals surface area contributed by atoms with Gasteiger partial charge in [-0.25, -0.2) is 13.1 Å². The summed E-state index contributed by atoms with van der Waals surface area (Å²) in [6.45, 7) is 3.91. The summed E-state index contributed by atoms with van der Waals surface area (Å²) in [5.74, 6) is 0.371. The average Bonchev–Trinajstić information content (AvgIpc) is 2.69. The summed E-state index contributed by atoms with van der Waals surface area (Å²) in [5, 5.41) is 6.65. The maximum absolute atomic E-state index is 12.3.